The number of aromatic nitrogens is 4. The van der Waals surface area contributed by atoms with Gasteiger partial charge >= 0.3 is 0 Å². The van der Waals surface area contributed by atoms with Gasteiger partial charge in [-0.1, -0.05) is 41.9 Å². The molecule has 7 nitrogen and oxygen atoms in total. The highest BCUT2D eigenvalue weighted by atomic mass is 35.5. The molecule has 4 aromatic rings. The highest BCUT2D eigenvalue weighted by Crippen LogP contribution is 2.29. The van der Waals surface area contributed by atoms with E-state index in [1.165, 1.54) is 6.20 Å². The van der Waals surface area contributed by atoms with E-state index >= 15 is 0 Å². The second-order valence-corrected chi connectivity index (χ2v) is 8.35. The van der Waals surface area contributed by atoms with E-state index in [2.05, 4.69) is 10.1 Å². The maximum absolute atomic E-state index is 13.3. The number of halogens is 1. The number of likely N-dealkylation sites (tertiary alicyclic amines) is 1. The van der Waals surface area contributed by atoms with Gasteiger partial charge in [-0.3, -0.25) is 9.78 Å². The molecule has 0 aliphatic carbocycles. The van der Waals surface area contributed by atoms with Gasteiger partial charge in [0.25, 0.3) is 5.91 Å². The van der Waals surface area contributed by atoms with Crippen LogP contribution in [-0.4, -0.2) is 49.5 Å². The van der Waals surface area contributed by atoms with Crippen LogP contribution in [0, 0.1) is 0 Å². The summed E-state index contributed by atoms with van der Waals surface area (Å²) in [4.78, 5) is 24.5. The van der Waals surface area contributed by atoms with Crippen molar-refractivity contribution in [1.82, 2.24) is 24.5 Å². The Labute approximate surface area is 190 Å². The Kier molecular flexibility index (Phi) is 5.59. The summed E-state index contributed by atoms with van der Waals surface area (Å²) in [6, 6.07) is 13.7. The van der Waals surface area contributed by atoms with Gasteiger partial charge in [-0.25, -0.2) is 9.50 Å². The van der Waals surface area contributed by atoms with Gasteiger partial charge in [0.2, 0.25) is 0 Å². The van der Waals surface area contributed by atoms with Crippen LogP contribution in [0.4, 0.5) is 0 Å². The topological polar surface area (TPSA) is 89.4 Å². The molecule has 162 valence electrons. The van der Waals surface area contributed by atoms with Crippen molar-refractivity contribution in [2.24, 2.45) is 5.73 Å². The molecule has 0 radical (unpaired) electrons. The number of rotatable bonds is 4. The third-order valence-corrected chi connectivity index (χ3v) is 6.26. The van der Waals surface area contributed by atoms with E-state index < -0.39 is 0 Å². The summed E-state index contributed by atoms with van der Waals surface area (Å²) in [6.45, 7) is 1.13. The normalized spacial score (nSPS) is 16.4. The molecule has 0 saturated carbocycles. The van der Waals surface area contributed by atoms with Crippen LogP contribution < -0.4 is 5.73 Å². The minimum atomic E-state index is -0.108. The van der Waals surface area contributed by atoms with Gasteiger partial charge < -0.3 is 10.6 Å². The number of benzene rings is 1. The van der Waals surface area contributed by atoms with E-state index in [1.54, 1.807) is 16.8 Å². The average molecular weight is 447 g/mol. The Hall–Kier alpha value is -3.29. The van der Waals surface area contributed by atoms with Crippen LogP contribution in [0.2, 0.25) is 5.02 Å². The quantitative estimate of drug-likeness (QED) is 0.510. The number of carbonyl (C=O) groups is 1. The maximum atomic E-state index is 13.3. The second kappa shape index (κ2) is 8.68. The smallest absolute Gasteiger partial charge is 0.255 e. The Morgan fingerprint density at radius 3 is 2.78 bits per heavy atom. The van der Waals surface area contributed by atoms with Crippen molar-refractivity contribution < 1.29 is 4.79 Å². The Bertz CT molecular complexity index is 1270. The summed E-state index contributed by atoms with van der Waals surface area (Å²) in [5.74, 6) is -0.108. The lowest BCUT2D eigenvalue weighted by atomic mass is 10.0. The largest absolute Gasteiger partial charge is 0.334 e. The molecule has 4 heterocycles. The van der Waals surface area contributed by atoms with Crippen molar-refractivity contribution in [3.63, 3.8) is 0 Å². The van der Waals surface area contributed by atoms with E-state index in [1.807, 2.05) is 47.5 Å². The zero-order valence-electron chi connectivity index (χ0n) is 17.5. The lowest BCUT2D eigenvalue weighted by Gasteiger charge is -2.35. The summed E-state index contributed by atoms with van der Waals surface area (Å²) in [5, 5.41) is 4.74. The number of carbonyl (C=O) groups excluding carboxylic acids is 1. The van der Waals surface area contributed by atoms with Crippen LogP contribution in [0.3, 0.4) is 0 Å². The predicted molar refractivity (Wildman–Crippen MR) is 124 cm³/mol. The zero-order chi connectivity index (χ0) is 22.1. The molecule has 1 aliphatic heterocycles. The van der Waals surface area contributed by atoms with Crippen LogP contribution in [0.15, 0.2) is 61.1 Å². The average Bonchev–Trinajstić information content (AvgIpc) is 3.28. The molecule has 1 aliphatic rings. The molecule has 0 bridgehead atoms. The standard InChI is InChI=1S/C24H23ClN6O/c25-20-15-27-22(12-18(20)24(32)30-10-5-4-8-17(30)13-26)19-14-28-31-11-9-21(29-23(19)31)16-6-2-1-3-7-16/h1-3,6-7,9,11-12,14-15,17H,4-5,8,10,13,26H2. The van der Waals surface area contributed by atoms with Crippen molar-refractivity contribution in [2.75, 3.05) is 13.1 Å². The molecule has 2 N–H and O–H groups in total. The number of hydrogen-bond acceptors (Lipinski definition) is 5. The molecule has 0 spiro atoms. The van der Waals surface area contributed by atoms with Gasteiger partial charge in [0.05, 0.1) is 33.7 Å². The first kappa shape index (κ1) is 20.6. The number of piperidine rings is 1. The van der Waals surface area contributed by atoms with Crippen molar-refractivity contribution in [1.29, 1.82) is 0 Å². The Balaban J connectivity index is 1.55. The number of pyridine rings is 1. The summed E-state index contributed by atoms with van der Waals surface area (Å²) < 4.78 is 1.70. The molecule has 1 fully saturated rings. The lowest BCUT2D eigenvalue weighted by molar-refractivity contribution is 0.0623. The first-order chi connectivity index (χ1) is 15.7. The van der Waals surface area contributed by atoms with E-state index in [0.717, 1.165) is 36.1 Å². The first-order valence-electron chi connectivity index (χ1n) is 10.7. The monoisotopic (exact) mass is 446 g/mol. The highest BCUT2D eigenvalue weighted by molar-refractivity contribution is 6.33. The minimum Gasteiger partial charge on any atom is -0.334 e. The van der Waals surface area contributed by atoms with Gasteiger partial charge in [0.15, 0.2) is 5.65 Å². The van der Waals surface area contributed by atoms with Crippen LogP contribution >= 0.6 is 11.6 Å². The summed E-state index contributed by atoms with van der Waals surface area (Å²) in [7, 11) is 0. The molecular weight excluding hydrogens is 424 g/mol. The third kappa shape index (κ3) is 3.74. The van der Waals surface area contributed by atoms with Gasteiger partial charge in [-0.15, -0.1) is 0 Å². The molecule has 8 heteroatoms. The van der Waals surface area contributed by atoms with Gasteiger partial charge in [0, 0.05) is 37.1 Å². The van der Waals surface area contributed by atoms with Gasteiger partial charge in [-0.05, 0) is 31.4 Å². The predicted octanol–water partition coefficient (Wildman–Crippen LogP) is 4.07. The van der Waals surface area contributed by atoms with E-state index in [4.69, 9.17) is 22.3 Å². The number of amides is 1. The highest BCUT2D eigenvalue weighted by Gasteiger charge is 2.28. The second-order valence-electron chi connectivity index (χ2n) is 7.94. The molecule has 1 aromatic carbocycles. The molecule has 1 amide bonds. The molecular formula is C24H23ClN6O. The third-order valence-electron chi connectivity index (χ3n) is 5.96. The number of fused-ring (bicyclic) bond motifs is 1. The van der Waals surface area contributed by atoms with Crippen molar-refractivity contribution in [2.45, 2.75) is 25.3 Å². The Morgan fingerprint density at radius 1 is 1.12 bits per heavy atom. The number of hydrogen-bond donors (Lipinski definition) is 1. The van der Waals surface area contributed by atoms with Crippen molar-refractivity contribution >= 4 is 23.2 Å². The maximum Gasteiger partial charge on any atom is 0.255 e. The fourth-order valence-corrected chi connectivity index (χ4v) is 4.42. The fraction of sp³-hybridized carbons (Fsp3) is 0.250. The first-order valence-corrected chi connectivity index (χ1v) is 11.1. The van der Waals surface area contributed by atoms with Crippen molar-refractivity contribution in [3.8, 4) is 22.5 Å². The molecule has 5 rings (SSSR count). The number of nitrogens with two attached hydrogens (primary N) is 1. The van der Waals surface area contributed by atoms with Gasteiger partial charge in [0.1, 0.15) is 0 Å². The van der Waals surface area contributed by atoms with Crippen LogP contribution in [0.25, 0.3) is 28.2 Å². The van der Waals surface area contributed by atoms with Crippen LogP contribution in [0.1, 0.15) is 29.6 Å². The lowest BCUT2D eigenvalue weighted by Crippen LogP contribution is -2.47. The Morgan fingerprint density at radius 2 is 1.97 bits per heavy atom. The van der Waals surface area contributed by atoms with E-state index in [9.17, 15) is 4.79 Å². The van der Waals surface area contributed by atoms with E-state index in [-0.39, 0.29) is 11.9 Å². The fourth-order valence-electron chi connectivity index (χ4n) is 4.24. The van der Waals surface area contributed by atoms with Crippen molar-refractivity contribution in [3.05, 3.63) is 71.6 Å². The van der Waals surface area contributed by atoms with Crippen LogP contribution in [-0.2, 0) is 0 Å². The van der Waals surface area contributed by atoms with Crippen LogP contribution in [0.5, 0.6) is 0 Å². The molecule has 1 unspecified atom stereocenters. The molecule has 1 atom stereocenters. The SMILES string of the molecule is NCC1CCCCN1C(=O)c1cc(-c2cnn3ccc(-c4ccccc4)nc23)ncc1Cl. The zero-order valence-corrected chi connectivity index (χ0v) is 18.2. The summed E-state index contributed by atoms with van der Waals surface area (Å²) in [6.07, 6.45) is 8.08. The molecule has 3 aromatic heterocycles. The number of nitrogens with zero attached hydrogens (tertiary/aromatic N) is 5. The van der Waals surface area contributed by atoms with E-state index in [0.29, 0.717) is 35.0 Å². The van der Waals surface area contributed by atoms with Gasteiger partial charge in [-0.2, -0.15) is 5.10 Å². The summed E-state index contributed by atoms with van der Waals surface area (Å²) >= 11 is 6.41. The summed E-state index contributed by atoms with van der Waals surface area (Å²) in [5.41, 5.74) is 10.2. The minimum absolute atomic E-state index is 0.0380. The molecule has 1 saturated heterocycles. The molecule has 32 heavy (non-hydrogen) atoms.